The Hall–Kier alpha value is -2.11. The van der Waals surface area contributed by atoms with Gasteiger partial charge in [0.05, 0.1) is 0 Å². The fraction of sp³-hybridized carbons (Fsp3) is 0.873. The number of carbonyl (C=O) groups is 3. The maximum absolute atomic E-state index is 12.8. The van der Waals surface area contributed by atoms with E-state index in [0.29, 0.717) is 19.3 Å². The van der Waals surface area contributed by atoms with Crippen LogP contribution in [-0.4, -0.2) is 37.2 Å². The molecule has 0 aromatic heterocycles. The topological polar surface area (TPSA) is 78.9 Å². The van der Waals surface area contributed by atoms with Gasteiger partial charge in [-0.2, -0.15) is 0 Å². The fourth-order valence-corrected chi connectivity index (χ4v) is 7.84. The van der Waals surface area contributed by atoms with Crippen LogP contribution in [0.3, 0.4) is 0 Å². The molecular formula is C55H102O6. The van der Waals surface area contributed by atoms with Crippen molar-refractivity contribution < 1.29 is 28.6 Å². The highest BCUT2D eigenvalue weighted by Gasteiger charge is 2.19. The van der Waals surface area contributed by atoms with Crippen molar-refractivity contribution in [1.29, 1.82) is 0 Å². The van der Waals surface area contributed by atoms with Crippen molar-refractivity contribution in [3.05, 3.63) is 24.3 Å². The number of hydrogen-bond donors (Lipinski definition) is 0. The first-order valence-corrected chi connectivity index (χ1v) is 26.8. The molecule has 0 aromatic carbocycles. The molecule has 0 heterocycles. The van der Waals surface area contributed by atoms with Crippen LogP contribution in [0.1, 0.15) is 290 Å². The smallest absolute Gasteiger partial charge is 0.306 e. The Labute approximate surface area is 379 Å². The van der Waals surface area contributed by atoms with Crippen LogP contribution >= 0.6 is 0 Å². The molecule has 0 fully saturated rings. The van der Waals surface area contributed by atoms with Crippen molar-refractivity contribution in [3.8, 4) is 0 Å². The summed E-state index contributed by atoms with van der Waals surface area (Å²) >= 11 is 0. The monoisotopic (exact) mass is 859 g/mol. The van der Waals surface area contributed by atoms with E-state index in [4.69, 9.17) is 14.2 Å². The average molecular weight is 859 g/mol. The number of allylic oxidation sites excluding steroid dienone is 4. The lowest BCUT2D eigenvalue weighted by atomic mass is 10.0. The minimum atomic E-state index is -0.773. The lowest BCUT2D eigenvalue weighted by Gasteiger charge is -2.18. The number of carbonyl (C=O) groups excluding carboxylic acids is 3. The summed E-state index contributed by atoms with van der Waals surface area (Å²) in [6.45, 7) is 6.63. The van der Waals surface area contributed by atoms with Crippen LogP contribution in [0.25, 0.3) is 0 Å². The van der Waals surface area contributed by atoms with Gasteiger partial charge in [-0.1, -0.05) is 225 Å². The SMILES string of the molecule is CCCCC/C=C\CCCCCCCC(=O)OCC(COC(=O)CCCCCCC/C=C\CCCCCCCCC)OC(=O)CCCCCCCCCCCCCCCCC. The van der Waals surface area contributed by atoms with Gasteiger partial charge >= 0.3 is 17.9 Å². The Morgan fingerprint density at radius 1 is 0.311 bits per heavy atom. The molecule has 6 nitrogen and oxygen atoms in total. The van der Waals surface area contributed by atoms with Crippen molar-refractivity contribution in [1.82, 2.24) is 0 Å². The first-order chi connectivity index (χ1) is 30.0. The molecule has 0 spiro atoms. The minimum Gasteiger partial charge on any atom is -0.462 e. The Bertz CT molecular complexity index is 989. The van der Waals surface area contributed by atoms with Crippen LogP contribution in [0, 0.1) is 0 Å². The van der Waals surface area contributed by atoms with Crippen molar-refractivity contribution in [2.45, 2.75) is 297 Å². The fourth-order valence-electron chi connectivity index (χ4n) is 7.84. The Morgan fingerprint density at radius 3 is 0.852 bits per heavy atom. The van der Waals surface area contributed by atoms with Gasteiger partial charge < -0.3 is 14.2 Å². The predicted molar refractivity (Wildman–Crippen MR) is 261 cm³/mol. The van der Waals surface area contributed by atoms with E-state index in [-0.39, 0.29) is 31.1 Å². The van der Waals surface area contributed by atoms with Gasteiger partial charge in [-0.15, -0.1) is 0 Å². The van der Waals surface area contributed by atoms with Crippen LogP contribution in [0.5, 0.6) is 0 Å². The predicted octanol–water partition coefficient (Wildman–Crippen LogP) is 17.5. The third kappa shape index (κ3) is 48.8. The molecule has 0 aliphatic rings. The van der Waals surface area contributed by atoms with Crippen LogP contribution in [0.15, 0.2) is 24.3 Å². The summed E-state index contributed by atoms with van der Waals surface area (Å²) in [4.78, 5) is 38.0. The first kappa shape index (κ1) is 58.9. The van der Waals surface area contributed by atoms with Gasteiger partial charge in [0, 0.05) is 19.3 Å². The number of rotatable bonds is 49. The highest BCUT2D eigenvalue weighted by atomic mass is 16.6. The van der Waals surface area contributed by atoms with E-state index < -0.39 is 6.10 Å². The molecule has 0 aliphatic carbocycles. The third-order valence-electron chi connectivity index (χ3n) is 11.9. The summed E-state index contributed by atoms with van der Waals surface area (Å²) in [7, 11) is 0. The Morgan fingerprint density at radius 2 is 0.541 bits per heavy atom. The van der Waals surface area contributed by atoms with Crippen molar-refractivity contribution in [2.75, 3.05) is 13.2 Å². The zero-order valence-corrected chi connectivity index (χ0v) is 40.9. The van der Waals surface area contributed by atoms with Gasteiger partial charge in [-0.25, -0.2) is 0 Å². The number of esters is 3. The van der Waals surface area contributed by atoms with Gasteiger partial charge in [-0.05, 0) is 70.6 Å². The minimum absolute atomic E-state index is 0.0745. The van der Waals surface area contributed by atoms with Crippen molar-refractivity contribution in [2.24, 2.45) is 0 Å². The molecule has 1 atom stereocenters. The number of hydrogen-bond acceptors (Lipinski definition) is 6. The van der Waals surface area contributed by atoms with E-state index in [1.165, 1.54) is 180 Å². The summed E-state index contributed by atoms with van der Waals surface area (Å²) in [5.74, 6) is -0.876. The molecule has 0 amide bonds. The summed E-state index contributed by atoms with van der Waals surface area (Å²) < 4.78 is 16.8. The summed E-state index contributed by atoms with van der Waals surface area (Å²) in [6.07, 6.45) is 57.3. The van der Waals surface area contributed by atoms with E-state index in [1.54, 1.807) is 0 Å². The van der Waals surface area contributed by atoms with Gasteiger partial charge in [-0.3, -0.25) is 14.4 Å². The molecule has 0 rings (SSSR count). The zero-order valence-electron chi connectivity index (χ0n) is 40.9. The molecule has 6 heteroatoms. The molecule has 0 aliphatic heterocycles. The first-order valence-electron chi connectivity index (χ1n) is 26.8. The molecule has 0 aromatic rings. The van der Waals surface area contributed by atoms with E-state index >= 15 is 0 Å². The van der Waals surface area contributed by atoms with Crippen LogP contribution in [0.2, 0.25) is 0 Å². The molecule has 0 radical (unpaired) electrons. The van der Waals surface area contributed by atoms with E-state index in [2.05, 4.69) is 45.1 Å². The van der Waals surface area contributed by atoms with E-state index in [1.807, 2.05) is 0 Å². The molecule has 1 unspecified atom stereocenters. The normalized spacial score (nSPS) is 12.1. The van der Waals surface area contributed by atoms with E-state index in [0.717, 1.165) is 70.6 Å². The van der Waals surface area contributed by atoms with Crippen molar-refractivity contribution >= 4 is 17.9 Å². The second-order valence-corrected chi connectivity index (χ2v) is 18.1. The number of ether oxygens (including phenoxy) is 3. The molecule has 0 N–H and O–H groups in total. The second kappa shape index (κ2) is 50.5. The summed E-state index contributed by atoms with van der Waals surface area (Å²) in [5, 5.41) is 0. The summed E-state index contributed by atoms with van der Waals surface area (Å²) in [5.41, 5.74) is 0. The van der Waals surface area contributed by atoms with Gasteiger partial charge in [0.15, 0.2) is 6.10 Å². The van der Waals surface area contributed by atoms with Gasteiger partial charge in [0.1, 0.15) is 13.2 Å². The van der Waals surface area contributed by atoms with Crippen LogP contribution in [0.4, 0.5) is 0 Å². The Balaban J connectivity index is 4.35. The number of unbranched alkanes of at least 4 members (excludes halogenated alkanes) is 34. The maximum atomic E-state index is 12.8. The van der Waals surface area contributed by atoms with Gasteiger partial charge in [0.2, 0.25) is 0 Å². The highest BCUT2D eigenvalue weighted by molar-refractivity contribution is 5.71. The van der Waals surface area contributed by atoms with Crippen LogP contribution in [-0.2, 0) is 28.6 Å². The second-order valence-electron chi connectivity index (χ2n) is 18.1. The average Bonchev–Trinajstić information content (AvgIpc) is 3.26. The largest absolute Gasteiger partial charge is 0.462 e. The molecule has 61 heavy (non-hydrogen) atoms. The lowest BCUT2D eigenvalue weighted by molar-refractivity contribution is -0.167. The standard InChI is InChI=1S/C55H102O6/c1-4-7-10-13-16-19-22-25-27-29-30-33-36-39-42-45-48-54(57)60-51-52(50-59-53(56)47-44-41-38-35-32-24-21-18-15-12-9-6-3)61-55(58)49-46-43-40-37-34-31-28-26-23-20-17-14-11-8-5-2/h18,21,27,29,52H,4-17,19-20,22-26,28,30-51H2,1-3H3/b21-18-,29-27-. The quantitative estimate of drug-likeness (QED) is 0.0262. The molecule has 0 bridgehead atoms. The van der Waals surface area contributed by atoms with Crippen molar-refractivity contribution in [3.63, 3.8) is 0 Å². The molecule has 0 saturated heterocycles. The third-order valence-corrected chi connectivity index (χ3v) is 11.9. The Kier molecular flexibility index (Phi) is 48.8. The zero-order chi connectivity index (χ0) is 44.4. The highest BCUT2D eigenvalue weighted by Crippen LogP contribution is 2.16. The molecular weight excluding hydrogens is 757 g/mol. The summed E-state index contributed by atoms with van der Waals surface area (Å²) in [6, 6.07) is 0. The maximum Gasteiger partial charge on any atom is 0.306 e. The van der Waals surface area contributed by atoms with E-state index in [9.17, 15) is 14.4 Å². The van der Waals surface area contributed by atoms with Gasteiger partial charge in [0.25, 0.3) is 0 Å². The lowest BCUT2D eigenvalue weighted by Crippen LogP contribution is -2.30. The van der Waals surface area contributed by atoms with Crippen LogP contribution < -0.4 is 0 Å². The molecule has 358 valence electrons. The molecule has 0 saturated carbocycles.